The first-order chi connectivity index (χ1) is 15.1. The predicted octanol–water partition coefficient (Wildman–Crippen LogP) is 2.68. The number of carbonyl (C=O) groups is 3. The monoisotopic (exact) mass is 442 g/mol. The smallest absolute Gasteiger partial charge is 0.194 e. The number of nitrogens with two attached hydrogens (primary N) is 1. The molecule has 0 aromatic heterocycles. The SMILES string of the molecule is CC(=O)c1c(O)c(C)c(O)c2c1OC1=CC(=O)/C(=C(/C)NCCCCCCN)C(=O)[C@@]12C. The van der Waals surface area contributed by atoms with Crippen molar-refractivity contribution >= 4 is 17.3 Å². The molecular weight excluding hydrogens is 412 g/mol. The summed E-state index contributed by atoms with van der Waals surface area (Å²) in [5.41, 5.74) is 4.49. The fourth-order valence-corrected chi connectivity index (χ4v) is 4.35. The summed E-state index contributed by atoms with van der Waals surface area (Å²) >= 11 is 0. The van der Waals surface area contributed by atoms with Crippen LogP contribution < -0.4 is 15.8 Å². The first-order valence-corrected chi connectivity index (χ1v) is 10.8. The van der Waals surface area contributed by atoms with Crippen LogP contribution in [-0.2, 0) is 15.0 Å². The third kappa shape index (κ3) is 3.58. The fraction of sp³-hybridized carbons (Fsp3) is 0.458. The first-order valence-electron chi connectivity index (χ1n) is 10.8. The van der Waals surface area contributed by atoms with Crippen LogP contribution in [0, 0.1) is 6.92 Å². The molecule has 32 heavy (non-hydrogen) atoms. The first kappa shape index (κ1) is 23.5. The number of allylic oxidation sites excluding steroid dienone is 4. The summed E-state index contributed by atoms with van der Waals surface area (Å²) < 4.78 is 5.75. The molecule has 2 aliphatic rings. The molecule has 0 saturated carbocycles. The van der Waals surface area contributed by atoms with Crippen molar-refractivity contribution in [3.8, 4) is 17.2 Å². The molecule has 3 rings (SSSR count). The molecule has 0 saturated heterocycles. The summed E-state index contributed by atoms with van der Waals surface area (Å²) in [5.74, 6) is -2.30. The van der Waals surface area contributed by atoms with Gasteiger partial charge in [0.15, 0.2) is 17.3 Å². The van der Waals surface area contributed by atoms with Gasteiger partial charge in [-0.25, -0.2) is 0 Å². The molecule has 0 fully saturated rings. The maximum atomic E-state index is 13.6. The van der Waals surface area contributed by atoms with Gasteiger partial charge in [0, 0.05) is 23.9 Å². The fourth-order valence-electron chi connectivity index (χ4n) is 4.35. The quantitative estimate of drug-likeness (QED) is 0.209. The molecule has 8 heteroatoms. The van der Waals surface area contributed by atoms with Crippen LogP contribution in [0.15, 0.2) is 23.1 Å². The molecule has 1 aromatic carbocycles. The molecule has 1 atom stereocenters. The van der Waals surface area contributed by atoms with Gasteiger partial charge in [-0.3, -0.25) is 14.4 Å². The third-order valence-electron chi connectivity index (χ3n) is 6.28. The average Bonchev–Trinajstić information content (AvgIpc) is 3.02. The van der Waals surface area contributed by atoms with Crippen LogP contribution in [-0.4, -0.2) is 40.7 Å². The molecule has 1 heterocycles. The van der Waals surface area contributed by atoms with Gasteiger partial charge >= 0.3 is 0 Å². The number of hydrogen-bond donors (Lipinski definition) is 4. The van der Waals surface area contributed by atoms with Gasteiger partial charge in [-0.15, -0.1) is 0 Å². The Labute approximate surface area is 187 Å². The van der Waals surface area contributed by atoms with Crippen molar-refractivity contribution in [2.24, 2.45) is 5.73 Å². The number of carbonyl (C=O) groups excluding carboxylic acids is 3. The van der Waals surface area contributed by atoms with Crippen LogP contribution in [0.5, 0.6) is 17.2 Å². The Bertz CT molecular complexity index is 1070. The molecule has 1 aromatic rings. The highest BCUT2D eigenvalue weighted by Crippen LogP contribution is 2.57. The summed E-state index contributed by atoms with van der Waals surface area (Å²) in [7, 11) is 0. The van der Waals surface area contributed by atoms with Crippen molar-refractivity contribution in [1.82, 2.24) is 5.32 Å². The number of hydrogen-bond acceptors (Lipinski definition) is 8. The van der Waals surface area contributed by atoms with Gasteiger partial charge < -0.3 is 26.0 Å². The van der Waals surface area contributed by atoms with Crippen molar-refractivity contribution in [3.05, 3.63) is 39.8 Å². The van der Waals surface area contributed by atoms with E-state index < -0.39 is 28.5 Å². The number of phenolic OH excluding ortho intramolecular Hbond substituents is 2. The van der Waals surface area contributed by atoms with Gasteiger partial charge in [0.25, 0.3) is 0 Å². The lowest BCUT2D eigenvalue weighted by atomic mass is 9.70. The summed E-state index contributed by atoms with van der Waals surface area (Å²) in [4.78, 5) is 38.7. The van der Waals surface area contributed by atoms with Crippen molar-refractivity contribution in [2.45, 2.75) is 58.8 Å². The molecule has 1 aliphatic heterocycles. The minimum Gasteiger partial charge on any atom is -0.507 e. The van der Waals surface area contributed by atoms with Gasteiger partial charge in [0.1, 0.15) is 34.0 Å². The van der Waals surface area contributed by atoms with Crippen molar-refractivity contribution in [2.75, 3.05) is 13.1 Å². The Balaban J connectivity index is 2.03. The van der Waals surface area contributed by atoms with Crippen LogP contribution in [0.3, 0.4) is 0 Å². The van der Waals surface area contributed by atoms with Gasteiger partial charge in [-0.1, -0.05) is 12.8 Å². The van der Waals surface area contributed by atoms with E-state index in [4.69, 9.17) is 10.5 Å². The average molecular weight is 443 g/mol. The molecule has 1 aliphatic carbocycles. The molecule has 5 N–H and O–H groups in total. The molecule has 8 nitrogen and oxygen atoms in total. The van der Waals surface area contributed by atoms with Gasteiger partial charge in [0.2, 0.25) is 0 Å². The maximum absolute atomic E-state index is 13.6. The zero-order valence-corrected chi connectivity index (χ0v) is 18.9. The number of aromatic hydroxyl groups is 2. The van der Waals surface area contributed by atoms with Crippen molar-refractivity contribution < 1.29 is 29.3 Å². The Morgan fingerprint density at radius 2 is 1.78 bits per heavy atom. The van der Waals surface area contributed by atoms with Gasteiger partial charge in [-0.2, -0.15) is 0 Å². The Morgan fingerprint density at radius 1 is 1.12 bits per heavy atom. The number of unbranched alkanes of at least 4 members (excludes halogenated alkanes) is 3. The zero-order chi connectivity index (χ0) is 23.8. The van der Waals surface area contributed by atoms with E-state index in [1.165, 1.54) is 19.9 Å². The lowest BCUT2D eigenvalue weighted by Crippen LogP contribution is -2.41. The topological polar surface area (TPSA) is 139 Å². The van der Waals surface area contributed by atoms with E-state index in [2.05, 4.69) is 5.32 Å². The summed E-state index contributed by atoms with van der Waals surface area (Å²) in [6.07, 6.45) is 5.07. The number of rotatable bonds is 8. The molecule has 0 radical (unpaired) electrons. The van der Waals surface area contributed by atoms with E-state index in [9.17, 15) is 24.6 Å². The number of nitrogens with one attached hydrogen (secondary N) is 1. The standard InChI is InChI=1S/C24H30N2O6/c1-12-20(29)18(14(3)27)22-19(21(12)30)24(4)16(32-22)11-15(28)17(23(24)31)13(2)26-10-8-6-5-7-9-25/h11,26,29-30H,5-10,25H2,1-4H3/b17-13+/t24-/m0/s1. The lowest BCUT2D eigenvalue weighted by molar-refractivity contribution is -0.123. The molecular formula is C24H30N2O6. The predicted molar refractivity (Wildman–Crippen MR) is 119 cm³/mol. The molecule has 0 unspecified atom stereocenters. The number of fused-ring (bicyclic) bond motifs is 3. The molecule has 0 spiro atoms. The minimum atomic E-state index is -1.49. The maximum Gasteiger partial charge on any atom is 0.194 e. The van der Waals surface area contributed by atoms with Crippen molar-refractivity contribution in [3.63, 3.8) is 0 Å². The van der Waals surface area contributed by atoms with Gasteiger partial charge in [0.05, 0.1) is 11.1 Å². The summed E-state index contributed by atoms with van der Waals surface area (Å²) in [5, 5.41) is 24.4. The van der Waals surface area contributed by atoms with E-state index in [-0.39, 0.29) is 39.5 Å². The number of Topliss-reactive ketones (excluding diaryl/α,β-unsaturated/α-hetero) is 2. The highest BCUT2D eigenvalue weighted by molar-refractivity contribution is 6.31. The van der Waals surface area contributed by atoms with Crippen molar-refractivity contribution in [1.29, 1.82) is 0 Å². The Morgan fingerprint density at radius 3 is 2.41 bits per heavy atom. The van der Waals surface area contributed by atoms with E-state index in [1.54, 1.807) is 13.8 Å². The van der Waals surface area contributed by atoms with Crippen LogP contribution in [0.4, 0.5) is 0 Å². The molecule has 172 valence electrons. The highest BCUT2D eigenvalue weighted by atomic mass is 16.5. The van der Waals surface area contributed by atoms with E-state index in [1.807, 2.05) is 0 Å². The normalized spacial score (nSPS) is 21.0. The third-order valence-corrected chi connectivity index (χ3v) is 6.28. The largest absolute Gasteiger partial charge is 0.507 e. The van der Waals surface area contributed by atoms with Crippen LogP contribution in [0.25, 0.3) is 0 Å². The second-order valence-electron chi connectivity index (χ2n) is 8.52. The lowest BCUT2D eigenvalue weighted by Gasteiger charge is -2.29. The second-order valence-corrected chi connectivity index (χ2v) is 8.52. The van der Waals surface area contributed by atoms with Gasteiger partial charge in [-0.05, 0) is 47.1 Å². The number of ether oxygens (including phenoxy) is 1. The van der Waals surface area contributed by atoms with Crippen LogP contribution >= 0.6 is 0 Å². The van der Waals surface area contributed by atoms with E-state index >= 15 is 0 Å². The number of ketones is 3. The zero-order valence-electron chi connectivity index (χ0n) is 18.9. The molecule has 0 amide bonds. The Kier molecular flexibility index (Phi) is 6.46. The van der Waals surface area contributed by atoms with Crippen LogP contribution in [0.1, 0.15) is 67.9 Å². The van der Waals surface area contributed by atoms with Crippen LogP contribution in [0.2, 0.25) is 0 Å². The highest BCUT2D eigenvalue weighted by Gasteiger charge is 2.56. The minimum absolute atomic E-state index is 0.0100. The number of phenols is 2. The number of benzene rings is 1. The summed E-state index contributed by atoms with van der Waals surface area (Å²) in [6.45, 7) is 7.20. The van der Waals surface area contributed by atoms with E-state index in [0.29, 0.717) is 18.8 Å². The Hall–Kier alpha value is -3.13. The second kappa shape index (κ2) is 8.78. The summed E-state index contributed by atoms with van der Waals surface area (Å²) in [6, 6.07) is 0. The molecule has 0 bridgehead atoms. The van der Waals surface area contributed by atoms with E-state index in [0.717, 1.165) is 25.7 Å².